The summed E-state index contributed by atoms with van der Waals surface area (Å²) in [5.74, 6) is 1.40. The van der Waals surface area contributed by atoms with E-state index in [4.69, 9.17) is 4.74 Å². The summed E-state index contributed by atoms with van der Waals surface area (Å²) in [7, 11) is 1.58. The van der Waals surface area contributed by atoms with Crippen LogP contribution >= 0.6 is 0 Å². The van der Waals surface area contributed by atoms with Crippen molar-refractivity contribution in [2.75, 3.05) is 7.11 Å². The summed E-state index contributed by atoms with van der Waals surface area (Å²) < 4.78 is 5.13. The lowest BCUT2D eigenvalue weighted by molar-refractivity contribution is 0.367. The number of phenolic OH excluding ortho intramolecular Hbond substituents is 1. The van der Waals surface area contributed by atoms with Crippen LogP contribution in [-0.2, 0) is 6.42 Å². The predicted octanol–water partition coefficient (Wildman–Crippen LogP) is 2.60. The van der Waals surface area contributed by atoms with Gasteiger partial charge in [0.1, 0.15) is 0 Å². The Bertz CT molecular complexity index is 279. The Balaban J connectivity index is 2.98. The number of hydrogen-bond acceptors (Lipinski definition) is 2. The molecule has 1 aromatic rings. The van der Waals surface area contributed by atoms with Gasteiger partial charge in [-0.05, 0) is 24.0 Å². The first-order valence-corrected chi connectivity index (χ1v) is 4.50. The molecule has 0 saturated carbocycles. The molecule has 0 atom stereocenters. The molecule has 0 radical (unpaired) electrons. The summed E-state index contributed by atoms with van der Waals surface area (Å²) in [5.41, 5.74) is 1.07. The van der Waals surface area contributed by atoms with E-state index in [0.717, 1.165) is 12.0 Å². The summed E-state index contributed by atoms with van der Waals surface area (Å²) in [6.45, 7) is 4.28. The Morgan fingerprint density at radius 2 is 2.08 bits per heavy atom. The molecule has 0 aliphatic rings. The highest BCUT2D eigenvalue weighted by atomic mass is 16.5. The van der Waals surface area contributed by atoms with Crippen molar-refractivity contribution in [2.24, 2.45) is 5.92 Å². The monoisotopic (exact) mass is 180 g/mol. The highest BCUT2D eigenvalue weighted by Crippen LogP contribution is 2.30. The minimum absolute atomic E-state index is 0.223. The summed E-state index contributed by atoms with van der Waals surface area (Å²) in [5, 5.41) is 9.48. The molecule has 0 fully saturated rings. The highest BCUT2D eigenvalue weighted by Gasteiger charge is 2.08. The zero-order valence-electron chi connectivity index (χ0n) is 8.37. The lowest BCUT2D eigenvalue weighted by Gasteiger charge is -2.11. The largest absolute Gasteiger partial charge is 0.504 e. The van der Waals surface area contributed by atoms with Crippen molar-refractivity contribution in [1.82, 2.24) is 0 Å². The molecule has 72 valence electrons. The van der Waals surface area contributed by atoms with E-state index in [-0.39, 0.29) is 5.75 Å². The fraction of sp³-hybridized carbons (Fsp3) is 0.455. The lowest BCUT2D eigenvalue weighted by Crippen LogP contribution is -1.97. The topological polar surface area (TPSA) is 29.5 Å². The number of ether oxygens (including phenoxy) is 1. The fourth-order valence-corrected chi connectivity index (χ4v) is 1.41. The van der Waals surface area contributed by atoms with Crippen LogP contribution in [-0.4, -0.2) is 12.2 Å². The Hall–Kier alpha value is -1.18. The molecular formula is C11H16O2. The van der Waals surface area contributed by atoms with Gasteiger partial charge < -0.3 is 9.84 Å². The Kier molecular flexibility index (Phi) is 3.18. The number of aromatic hydroxyl groups is 1. The summed E-state index contributed by atoms with van der Waals surface area (Å²) in [6.07, 6.45) is 0.928. The smallest absolute Gasteiger partial charge is 0.163 e. The molecule has 2 heteroatoms. The molecule has 0 spiro atoms. The number of phenols is 1. The maximum atomic E-state index is 9.48. The van der Waals surface area contributed by atoms with Crippen LogP contribution < -0.4 is 4.74 Å². The standard InChI is InChI=1S/C11H16O2/c1-8(2)7-9-5-4-6-10(12)11(9)13-3/h4-6,8,12H,7H2,1-3H3. The van der Waals surface area contributed by atoms with E-state index in [2.05, 4.69) is 13.8 Å². The van der Waals surface area contributed by atoms with Crippen molar-refractivity contribution in [1.29, 1.82) is 0 Å². The van der Waals surface area contributed by atoms with Gasteiger partial charge in [0.15, 0.2) is 11.5 Å². The lowest BCUT2D eigenvalue weighted by atomic mass is 10.0. The molecule has 0 aliphatic carbocycles. The summed E-state index contributed by atoms with van der Waals surface area (Å²) >= 11 is 0. The van der Waals surface area contributed by atoms with Gasteiger partial charge in [-0.25, -0.2) is 0 Å². The van der Waals surface area contributed by atoms with Crippen LogP contribution in [0.4, 0.5) is 0 Å². The molecule has 0 heterocycles. The average Bonchev–Trinajstić information content (AvgIpc) is 2.03. The highest BCUT2D eigenvalue weighted by molar-refractivity contribution is 5.45. The molecule has 1 aromatic carbocycles. The van der Waals surface area contributed by atoms with Gasteiger partial charge in [0.05, 0.1) is 7.11 Å². The molecule has 1 N–H and O–H groups in total. The van der Waals surface area contributed by atoms with Crippen molar-refractivity contribution < 1.29 is 9.84 Å². The SMILES string of the molecule is COc1c(O)cccc1CC(C)C. The summed E-state index contributed by atoms with van der Waals surface area (Å²) in [6, 6.07) is 5.47. The zero-order valence-corrected chi connectivity index (χ0v) is 8.37. The molecule has 13 heavy (non-hydrogen) atoms. The van der Waals surface area contributed by atoms with Gasteiger partial charge in [-0.1, -0.05) is 26.0 Å². The summed E-state index contributed by atoms with van der Waals surface area (Å²) in [4.78, 5) is 0. The average molecular weight is 180 g/mol. The van der Waals surface area contributed by atoms with E-state index in [1.54, 1.807) is 13.2 Å². The second kappa shape index (κ2) is 4.17. The molecule has 0 saturated heterocycles. The minimum Gasteiger partial charge on any atom is -0.504 e. The van der Waals surface area contributed by atoms with Gasteiger partial charge in [-0.2, -0.15) is 0 Å². The van der Waals surface area contributed by atoms with Crippen molar-refractivity contribution in [3.63, 3.8) is 0 Å². The van der Waals surface area contributed by atoms with Crippen molar-refractivity contribution in [3.8, 4) is 11.5 Å². The number of rotatable bonds is 3. The van der Waals surface area contributed by atoms with E-state index in [1.807, 2.05) is 12.1 Å². The van der Waals surface area contributed by atoms with Crippen LogP contribution in [0, 0.1) is 5.92 Å². The van der Waals surface area contributed by atoms with Crippen molar-refractivity contribution in [3.05, 3.63) is 23.8 Å². The number of methoxy groups -OCH3 is 1. The minimum atomic E-state index is 0.223. The van der Waals surface area contributed by atoms with Gasteiger partial charge in [0, 0.05) is 0 Å². The van der Waals surface area contributed by atoms with Crippen LogP contribution in [0.15, 0.2) is 18.2 Å². The third-order valence-corrected chi connectivity index (χ3v) is 1.91. The molecule has 0 amide bonds. The van der Waals surface area contributed by atoms with Crippen LogP contribution in [0.1, 0.15) is 19.4 Å². The van der Waals surface area contributed by atoms with Gasteiger partial charge >= 0.3 is 0 Å². The van der Waals surface area contributed by atoms with Crippen molar-refractivity contribution >= 4 is 0 Å². The van der Waals surface area contributed by atoms with E-state index in [1.165, 1.54) is 0 Å². The first-order valence-electron chi connectivity index (χ1n) is 4.50. The van der Waals surface area contributed by atoms with Gasteiger partial charge in [-0.3, -0.25) is 0 Å². The number of benzene rings is 1. The molecule has 0 bridgehead atoms. The Labute approximate surface area is 79.2 Å². The van der Waals surface area contributed by atoms with Gasteiger partial charge in [-0.15, -0.1) is 0 Å². The first kappa shape index (κ1) is 9.90. The maximum Gasteiger partial charge on any atom is 0.163 e. The van der Waals surface area contributed by atoms with Crippen molar-refractivity contribution in [2.45, 2.75) is 20.3 Å². The Morgan fingerprint density at radius 3 is 2.62 bits per heavy atom. The van der Waals surface area contributed by atoms with E-state index < -0.39 is 0 Å². The number of para-hydroxylation sites is 1. The third-order valence-electron chi connectivity index (χ3n) is 1.91. The van der Waals surface area contributed by atoms with E-state index >= 15 is 0 Å². The normalized spacial score (nSPS) is 10.5. The Morgan fingerprint density at radius 1 is 1.38 bits per heavy atom. The second-order valence-corrected chi connectivity index (χ2v) is 3.57. The van der Waals surface area contributed by atoms with Gasteiger partial charge in [0.25, 0.3) is 0 Å². The maximum absolute atomic E-state index is 9.48. The van der Waals surface area contributed by atoms with E-state index in [9.17, 15) is 5.11 Å². The van der Waals surface area contributed by atoms with E-state index in [0.29, 0.717) is 11.7 Å². The van der Waals surface area contributed by atoms with Crippen LogP contribution in [0.3, 0.4) is 0 Å². The molecule has 0 unspecified atom stereocenters. The van der Waals surface area contributed by atoms with Crippen LogP contribution in [0.2, 0.25) is 0 Å². The van der Waals surface area contributed by atoms with Crippen LogP contribution in [0.25, 0.3) is 0 Å². The molecule has 0 aromatic heterocycles. The molecule has 0 aliphatic heterocycles. The molecule has 2 nitrogen and oxygen atoms in total. The predicted molar refractivity (Wildman–Crippen MR) is 53.2 cm³/mol. The quantitative estimate of drug-likeness (QED) is 0.774. The third kappa shape index (κ3) is 2.38. The van der Waals surface area contributed by atoms with Gasteiger partial charge in [0.2, 0.25) is 0 Å². The molecular weight excluding hydrogens is 164 g/mol. The molecule has 1 rings (SSSR count). The second-order valence-electron chi connectivity index (χ2n) is 3.57. The number of hydrogen-bond donors (Lipinski definition) is 1. The zero-order chi connectivity index (χ0) is 9.84. The first-order chi connectivity index (χ1) is 6.15. The van der Waals surface area contributed by atoms with Crippen LogP contribution in [0.5, 0.6) is 11.5 Å². The fourth-order valence-electron chi connectivity index (χ4n) is 1.41.